The van der Waals surface area contributed by atoms with E-state index in [1.165, 1.54) is 7.05 Å². The number of benzene rings is 1. The van der Waals surface area contributed by atoms with Crippen LogP contribution in [0.5, 0.6) is 0 Å². The fraction of sp³-hybridized carbons (Fsp3) is 0.267. The van der Waals surface area contributed by atoms with E-state index in [1.807, 2.05) is 0 Å². The molecule has 1 atom stereocenters. The second-order valence-electron chi connectivity index (χ2n) is 4.42. The third-order valence-electron chi connectivity index (χ3n) is 3.00. The number of carboxylic acid groups (broad SMARTS) is 1. The summed E-state index contributed by atoms with van der Waals surface area (Å²) in [5.41, 5.74) is 1.14. The van der Waals surface area contributed by atoms with Gasteiger partial charge in [-0.3, -0.25) is 14.4 Å². The zero-order chi connectivity index (χ0) is 15.8. The monoisotopic (exact) mass is 290 g/mol. The Morgan fingerprint density at radius 3 is 2.38 bits per heavy atom. The van der Waals surface area contributed by atoms with Gasteiger partial charge in [-0.2, -0.15) is 0 Å². The fourth-order valence-electron chi connectivity index (χ4n) is 1.83. The fourth-order valence-corrected chi connectivity index (χ4v) is 1.83. The van der Waals surface area contributed by atoms with Gasteiger partial charge in [0.1, 0.15) is 0 Å². The second-order valence-corrected chi connectivity index (χ2v) is 4.42. The summed E-state index contributed by atoms with van der Waals surface area (Å²) in [6.07, 6.45) is 1.51. The van der Waals surface area contributed by atoms with E-state index in [4.69, 9.17) is 0 Å². The molecule has 0 fully saturated rings. The summed E-state index contributed by atoms with van der Waals surface area (Å²) < 4.78 is 0. The SMILES string of the molecule is C=CC(=O)Nc1ccc([C@@H](CCC(=O)NC)C(=O)O)cc1. The number of carbonyl (C=O) groups excluding carboxylic acids is 2. The topological polar surface area (TPSA) is 95.5 Å². The lowest BCUT2D eigenvalue weighted by atomic mass is 9.94. The van der Waals surface area contributed by atoms with Gasteiger partial charge in [0, 0.05) is 19.2 Å². The Hall–Kier alpha value is -2.63. The number of rotatable bonds is 7. The Morgan fingerprint density at radius 2 is 1.90 bits per heavy atom. The van der Waals surface area contributed by atoms with Crippen LogP contribution in [0.1, 0.15) is 24.3 Å². The Morgan fingerprint density at radius 1 is 1.29 bits per heavy atom. The number of hydrogen-bond acceptors (Lipinski definition) is 3. The van der Waals surface area contributed by atoms with Gasteiger partial charge >= 0.3 is 5.97 Å². The van der Waals surface area contributed by atoms with Crippen molar-refractivity contribution in [2.45, 2.75) is 18.8 Å². The first kappa shape index (κ1) is 16.4. The lowest BCUT2D eigenvalue weighted by molar-refractivity contribution is -0.139. The third-order valence-corrected chi connectivity index (χ3v) is 3.00. The van der Waals surface area contributed by atoms with Crippen molar-refractivity contribution in [3.05, 3.63) is 42.5 Å². The van der Waals surface area contributed by atoms with E-state index in [1.54, 1.807) is 24.3 Å². The van der Waals surface area contributed by atoms with Gasteiger partial charge in [0.15, 0.2) is 0 Å². The lowest BCUT2D eigenvalue weighted by Gasteiger charge is -2.13. The van der Waals surface area contributed by atoms with Crippen LogP contribution in [0.2, 0.25) is 0 Å². The van der Waals surface area contributed by atoms with Crippen LogP contribution in [0.25, 0.3) is 0 Å². The van der Waals surface area contributed by atoms with Crippen molar-refractivity contribution in [1.82, 2.24) is 5.32 Å². The average Bonchev–Trinajstić information content (AvgIpc) is 2.48. The first-order valence-electron chi connectivity index (χ1n) is 6.44. The van der Waals surface area contributed by atoms with Gasteiger partial charge in [-0.25, -0.2) is 0 Å². The van der Waals surface area contributed by atoms with E-state index in [9.17, 15) is 19.5 Å². The highest BCUT2D eigenvalue weighted by atomic mass is 16.4. The lowest BCUT2D eigenvalue weighted by Crippen LogP contribution is -2.20. The molecule has 1 aromatic carbocycles. The first-order valence-corrected chi connectivity index (χ1v) is 6.44. The summed E-state index contributed by atoms with van der Waals surface area (Å²) in [4.78, 5) is 33.7. The molecule has 0 spiro atoms. The number of anilines is 1. The molecule has 0 heterocycles. The highest BCUT2D eigenvalue weighted by Crippen LogP contribution is 2.23. The molecule has 6 heteroatoms. The Labute approximate surface area is 122 Å². The van der Waals surface area contributed by atoms with Gasteiger partial charge in [-0.1, -0.05) is 18.7 Å². The zero-order valence-electron chi connectivity index (χ0n) is 11.8. The van der Waals surface area contributed by atoms with Gasteiger partial charge in [-0.05, 0) is 30.2 Å². The maximum atomic E-state index is 11.3. The smallest absolute Gasteiger partial charge is 0.310 e. The maximum absolute atomic E-state index is 11.3. The molecule has 0 saturated carbocycles. The summed E-state index contributed by atoms with van der Waals surface area (Å²) in [5, 5.41) is 14.3. The van der Waals surface area contributed by atoms with Crippen molar-refractivity contribution in [1.29, 1.82) is 0 Å². The van der Waals surface area contributed by atoms with Gasteiger partial charge in [-0.15, -0.1) is 0 Å². The van der Waals surface area contributed by atoms with Gasteiger partial charge in [0.25, 0.3) is 0 Å². The van der Waals surface area contributed by atoms with Crippen LogP contribution in [0, 0.1) is 0 Å². The Balaban J connectivity index is 2.79. The number of nitrogens with one attached hydrogen (secondary N) is 2. The van der Waals surface area contributed by atoms with Crippen LogP contribution in [-0.4, -0.2) is 29.9 Å². The highest BCUT2D eigenvalue weighted by Gasteiger charge is 2.20. The minimum Gasteiger partial charge on any atom is -0.481 e. The molecule has 1 rings (SSSR count). The molecule has 21 heavy (non-hydrogen) atoms. The molecule has 0 saturated heterocycles. The zero-order valence-corrected chi connectivity index (χ0v) is 11.8. The number of hydrogen-bond donors (Lipinski definition) is 3. The predicted octanol–water partition coefficient (Wildman–Crippen LogP) is 1.51. The summed E-state index contributed by atoms with van der Waals surface area (Å²) in [6.45, 7) is 3.35. The van der Waals surface area contributed by atoms with Crippen molar-refractivity contribution < 1.29 is 19.5 Å². The number of aliphatic carboxylic acids is 1. The predicted molar refractivity (Wildman–Crippen MR) is 78.9 cm³/mol. The third kappa shape index (κ3) is 5.10. The number of carbonyl (C=O) groups is 3. The van der Waals surface area contributed by atoms with Crippen molar-refractivity contribution in [2.75, 3.05) is 12.4 Å². The Kier molecular flexibility index (Phi) is 6.13. The number of carboxylic acids is 1. The molecular formula is C15H18N2O4. The minimum absolute atomic E-state index is 0.141. The number of amides is 2. The van der Waals surface area contributed by atoms with E-state index in [0.717, 1.165) is 6.08 Å². The van der Waals surface area contributed by atoms with Crippen LogP contribution >= 0.6 is 0 Å². The molecule has 112 valence electrons. The quantitative estimate of drug-likeness (QED) is 0.663. The minimum atomic E-state index is -0.984. The van der Waals surface area contributed by atoms with Crippen LogP contribution in [-0.2, 0) is 14.4 Å². The van der Waals surface area contributed by atoms with E-state index in [0.29, 0.717) is 11.3 Å². The average molecular weight is 290 g/mol. The molecule has 0 unspecified atom stereocenters. The normalized spacial score (nSPS) is 11.3. The van der Waals surface area contributed by atoms with Gasteiger partial charge in [0.2, 0.25) is 11.8 Å². The van der Waals surface area contributed by atoms with E-state index >= 15 is 0 Å². The summed E-state index contributed by atoms with van der Waals surface area (Å²) in [7, 11) is 1.51. The Bertz CT molecular complexity index is 537. The van der Waals surface area contributed by atoms with Crippen LogP contribution in [0.4, 0.5) is 5.69 Å². The molecule has 0 aromatic heterocycles. The van der Waals surface area contributed by atoms with E-state index < -0.39 is 11.9 Å². The van der Waals surface area contributed by atoms with Crippen molar-refractivity contribution in [3.8, 4) is 0 Å². The van der Waals surface area contributed by atoms with Crippen LogP contribution in [0.15, 0.2) is 36.9 Å². The molecule has 0 bridgehead atoms. The summed E-state index contributed by atoms with van der Waals surface area (Å²) in [6, 6.07) is 6.49. The molecule has 0 aliphatic heterocycles. The standard InChI is InChI=1S/C15H18N2O4/c1-3-13(18)17-11-6-4-10(5-7-11)12(15(20)21)8-9-14(19)16-2/h3-7,12H,1,8-9H2,2H3,(H,16,19)(H,17,18)(H,20,21)/t12-/m1/s1. The highest BCUT2D eigenvalue weighted by molar-refractivity contribution is 5.98. The van der Waals surface area contributed by atoms with Gasteiger partial charge < -0.3 is 15.7 Å². The first-order chi connectivity index (χ1) is 9.97. The molecule has 0 radical (unpaired) electrons. The molecule has 1 aromatic rings. The van der Waals surface area contributed by atoms with Crippen LogP contribution < -0.4 is 10.6 Å². The molecule has 0 aliphatic rings. The molecular weight excluding hydrogens is 272 g/mol. The molecule has 2 amide bonds. The van der Waals surface area contributed by atoms with Crippen molar-refractivity contribution in [3.63, 3.8) is 0 Å². The summed E-state index contributed by atoms with van der Waals surface area (Å²) >= 11 is 0. The van der Waals surface area contributed by atoms with Gasteiger partial charge in [0.05, 0.1) is 5.92 Å². The largest absolute Gasteiger partial charge is 0.481 e. The second kappa shape index (κ2) is 7.84. The summed E-state index contributed by atoms with van der Waals surface area (Å²) in [5.74, 6) is -2.28. The molecule has 3 N–H and O–H groups in total. The van der Waals surface area contributed by atoms with E-state index in [-0.39, 0.29) is 24.7 Å². The van der Waals surface area contributed by atoms with Crippen molar-refractivity contribution in [2.24, 2.45) is 0 Å². The van der Waals surface area contributed by atoms with E-state index in [2.05, 4.69) is 17.2 Å². The maximum Gasteiger partial charge on any atom is 0.310 e. The molecule has 0 aliphatic carbocycles. The van der Waals surface area contributed by atoms with Crippen LogP contribution in [0.3, 0.4) is 0 Å². The van der Waals surface area contributed by atoms with Crippen molar-refractivity contribution >= 4 is 23.5 Å². The molecule has 6 nitrogen and oxygen atoms in total.